The maximum Gasteiger partial charge on any atom is 0.260 e. The predicted octanol–water partition coefficient (Wildman–Crippen LogP) is 0.0243. The van der Waals surface area contributed by atoms with Crippen molar-refractivity contribution >= 4 is 23.6 Å². The van der Waals surface area contributed by atoms with Gasteiger partial charge in [-0.15, -0.1) is 0 Å². The Bertz CT molecular complexity index is 728. The summed E-state index contributed by atoms with van der Waals surface area (Å²) in [6.07, 6.45) is 0.310. The van der Waals surface area contributed by atoms with E-state index in [4.69, 9.17) is 4.74 Å². The fourth-order valence-corrected chi connectivity index (χ4v) is 3.01. The van der Waals surface area contributed by atoms with Crippen LogP contribution in [-0.4, -0.2) is 77.7 Å². The van der Waals surface area contributed by atoms with Crippen molar-refractivity contribution in [3.05, 3.63) is 30.1 Å². The third-order valence-electron chi connectivity index (χ3n) is 4.61. The number of rotatable bonds is 5. The molecule has 0 atom stereocenters. The molecular formula is C18H20FN3O5. The first-order valence-corrected chi connectivity index (χ1v) is 8.71. The highest BCUT2D eigenvalue weighted by Gasteiger charge is 2.33. The number of nitrogens with zero attached hydrogens (tertiary/aromatic N) is 3. The van der Waals surface area contributed by atoms with Gasteiger partial charge in [-0.2, -0.15) is 0 Å². The van der Waals surface area contributed by atoms with Gasteiger partial charge in [0.2, 0.25) is 17.7 Å². The molecule has 4 amide bonds. The van der Waals surface area contributed by atoms with Gasteiger partial charge in [0.25, 0.3) is 5.91 Å². The molecule has 0 N–H and O–H groups in total. The van der Waals surface area contributed by atoms with Crippen LogP contribution in [0.2, 0.25) is 0 Å². The average Bonchev–Trinajstić information content (AvgIpc) is 2.99. The third-order valence-corrected chi connectivity index (χ3v) is 4.61. The van der Waals surface area contributed by atoms with Crippen molar-refractivity contribution in [3.8, 4) is 5.75 Å². The second-order valence-corrected chi connectivity index (χ2v) is 6.38. The molecule has 1 aromatic rings. The van der Waals surface area contributed by atoms with Gasteiger partial charge in [0.1, 0.15) is 18.1 Å². The number of piperazine rings is 1. The lowest BCUT2D eigenvalue weighted by molar-refractivity contribution is -0.147. The minimum Gasteiger partial charge on any atom is -0.484 e. The highest BCUT2D eigenvalue weighted by atomic mass is 19.1. The van der Waals surface area contributed by atoms with Gasteiger partial charge in [0.05, 0.1) is 0 Å². The summed E-state index contributed by atoms with van der Waals surface area (Å²) in [6.45, 7) is 0.947. The number of amides is 4. The fraction of sp³-hybridized carbons (Fsp3) is 0.444. The number of likely N-dealkylation sites (tertiary alicyclic amines) is 1. The minimum atomic E-state index is -0.383. The second kappa shape index (κ2) is 8.15. The van der Waals surface area contributed by atoms with Crippen LogP contribution in [0.1, 0.15) is 12.8 Å². The van der Waals surface area contributed by atoms with Crippen LogP contribution in [0.5, 0.6) is 5.75 Å². The van der Waals surface area contributed by atoms with Crippen LogP contribution in [-0.2, 0) is 19.2 Å². The molecule has 9 heteroatoms. The topological polar surface area (TPSA) is 87.2 Å². The van der Waals surface area contributed by atoms with E-state index in [0.29, 0.717) is 31.9 Å². The summed E-state index contributed by atoms with van der Waals surface area (Å²) in [5.41, 5.74) is 0. The van der Waals surface area contributed by atoms with E-state index in [9.17, 15) is 23.6 Å². The first-order valence-electron chi connectivity index (χ1n) is 8.71. The van der Waals surface area contributed by atoms with Gasteiger partial charge >= 0.3 is 0 Å². The Labute approximate surface area is 155 Å². The molecule has 0 aliphatic carbocycles. The Morgan fingerprint density at radius 2 is 1.41 bits per heavy atom. The molecule has 2 heterocycles. The van der Waals surface area contributed by atoms with Crippen LogP contribution in [0.15, 0.2) is 24.3 Å². The number of carbonyl (C=O) groups is 4. The maximum atomic E-state index is 12.8. The van der Waals surface area contributed by atoms with Crippen LogP contribution in [0.4, 0.5) is 4.39 Å². The van der Waals surface area contributed by atoms with E-state index in [2.05, 4.69) is 0 Å². The monoisotopic (exact) mass is 377 g/mol. The molecule has 8 nitrogen and oxygen atoms in total. The van der Waals surface area contributed by atoms with Crippen LogP contribution >= 0.6 is 0 Å². The lowest BCUT2D eigenvalue weighted by Gasteiger charge is -2.35. The molecule has 2 fully saturated rings. The number of imide groups is 1. The van der Waals surface area contributed by atoms with Crippen LogP contribution < -0.4 is 4.74 Å². The number of hydrogen-bond acceptors (Lipinski definition) is 5. The minimum absolute atomic E-state index is 0.155. The summed E-state index contributed by atoms with van der Waals surface area (Å²) in [7, 11) is 0. The van der Waals surface area contributed by atoms with Crippen molar-refractivity contribution in [1.29, 1.82) is 0 Å². The van der Waals surface area contributed by atoms with Crippen molar-refractivity contribution in [1.82, 2.24) is 14.7 Å². The molecule has 0 bridgehead atoms. The lowest BCUT2D eigenvalue weighted by atomic mass is 10.3. The molecule has 0 spiro atoms. The van der Waals surface area contributed by atoms with Gasteiger partial charge in [0.15, 0.2) is 6.61 Å². The van der Waals surface area contributed by atoms with E-state index in [1.165, 1.54) is 24.3 Å². The van der Waals surface area contributed by atoms with Gasteiger partial charge in [-0.3, -0.25) is 24.1 Å². The zero-order valence-corrected chi connectivity index (χ0v) is 14.7. The summed E-state index contributed by atoms with van der Waals surface area (Å²) >= 11 is 0. The molecule has 0 unspecified atom stereocenters. The van der Waals surface area contributed by atoms with Gasteiger partial charge in [-0.05, 0) is 24.3 Å². The zero-order chi connectivity index (χ0) is 19.4. The largest absolute Gasteiger partial charge is 0.484 e. The molecule has 1 aromatic carbocycles. The average molecular weight is 377 g/mol. The Morgan fingerprint density at radius 1 is 0.889 bits per heavy atom. The first kappa shape index (κ1) is 18.8. The second-order valence-electron chi connectivity index (χ2n) is 6.38. The molecule has 0 radical (unpaired) electrons. The Balaban J connectivity index is 1.43. The summed E-state index contributed by atoms with van der Waals surface area (Å²) in [4.78, 5) is 51.8. The zero-order valence-electron chi connectivity index (χ0n) is 14.7. The molecule has 0 aromatic heterocycles. The van der Waals surface area contributed by atoms with Crippen LogP contribution in [0, 0.1) is 5.82 Å². The third kappa shape index (κ3) is 4.60. The molecule has 0 saturated carbocycles. The molecule has 144 valence electrons. The summed E-state index contributed by atoms with van der Waals surface area (Å²) in [5.74, 6) is -1.14. The normalized spacial score (nSPS) is 17.4. The maximum absolute atomic E-state index is 12.8. The van der Waals surface area contributed by atoms with Crippen molar-refractivity contribution < 1.29 is 28.3 Å². The predicted molar refractivity (Wildman–Crippen MR) is 91.0 cm³/mol. The summed E-state index contributed by atoms with van der Waals surface area (Å²) in [5, 5.41) is 0. The SMILES string of the molecule is O=C(COc1ccc(F)cc1)N1CCN(C(=O)CN2C(=O)CCC2=O)CC1. The van der Waals surface area contributed by atoms with E-state index in [1.54, 1.807) is 9.80 Å². The lowest BCUT2D eigenvalue weighted by Crippen LogP contribution is -2.53. The van der Waals surface area contributed by atoms with Gasteiger partial charge < -0.3 is 14.5 Å². The van der Waals surface area contributed by atoms with E-state index in [0.717, 1.165) is 4.90 Å². The molecule has 27 heavy (non-hydrogen) atoms. The van der Waals surface area contributed by atoms with Crippen LogP contribution in [0.3, 0.4) is 0 Å². The molecule has 2 aliphatic rings. The summed E-state index contributed by atoms with van der Waals surface area (Å²) in [6, 6.07) is 5.39. The summed E-state index contributed by atoms with van der Waals surface area (Å²) < 4.78 is 18.2. The number of halogens is 1. The molecule has 2 aliphatic heterocycles. The molecular weight excluding hydrogens is 357 g/mol. The van der Waals surface area contributed by atoms with E-state index >= 15 is 0 Å². The number of ether oxygens (including phenoxy) is 1. The van der Waals surface area contributed by atoms with Crippen molar-refractivity contribution in [2.24, 2.45) is 0 Å². The van der Waals surface area contributed by atoms with E-state index in [1.807, 2.05) is 0 Å². The van der Waals surface area contributed by atoms with E-state index < -0.39 is 0 Å². The first-order chi connectivity index (χ1) is 12.9. The Kier molecular flexibility index (Phi) is 5.68. The van der Waals surface area contributed by atoms with Gasteiger partial charge in [-0.25, -0.2) is 4.39 Å². The number of carbonyl (C=O) groups excluding carboxylic acids is 4. The van der Waals surface area contributed by atoms with Crippen molar-refractivity contribution in [2.75, 3.05) is 39.3 Å². The standard InChI is InChI=1S/C18H20FN3O5/c19-13-1-3-14(4-2-13)27-12-18(26)21-9-7-20(8-10-21)17(25)11-22-15(23)5-6-16(22)24/h1-4H,5-12H2. The number of hydrogen-bond donors (Lipinski definition) is 0. The Morgan fingerprint density at radius 3 is 1.96 bits per heavy atom. The van der Waals surface area contributed by atoms with E-state index in [-0.39, 0.29) is 55.4 Å². The van der Waals surface area contributed by atoms with Crippen LogP contribution in [0.25, 0.3) is 0 Å². The van der Waals surface area contributed by atoms with Crippen molar-refractivity contribution in [2.45, 2.75) is 12.8 Å². The van der Waals surface area contributed by atoms with Crippen molar-refractivity contribution in [3.63, 3.8) is 0 Å². The molecule has 2 saturated heterocycles. The Hall–Kier alpha value is -2.97. The highest BCUT2D eigenvalue weighted by molar-refractivity contribution is 6.04. The smallest absolute Gasteiger partial charge is 0.260 e. The highest BCUT2D eigenvalue weighted by Crippen LogP contribution is 2.13. The number of benzene rings is 1. The van der Waals surface area contributed by atoms with Gasteiger partial charge in [0, 0.05) is 39.0 Å². The quantitative estimate of drug-likeness (QED) is 0.676. The van der Waals surface area contributed by atoms with Gasteiger partial charge in [-0.1, -0.05) is 0 Å². The molecule has 3 rings (SSSR count). The fourth-order valence-electron chi connectivity index (χ4n) is 3.01.